The molecule has 0 spiro atoms. The monoisotopic (exact) mass is 430 g/mol. The lowest BCUT2D eigenvalue weighted by Gasteiger charge is -2.26. The van der Waals surface area contributed by atoms with Gasteiger partial charge in [-0.25, -0.2) is 13.2 Å². The van der Waals surface area contributed by atoms with Crippen molar-refractivity contribution in [2.45, 2.75) is 23.6 Å². The Hall–Kier alpha value is -1.81. The molecule has 1 atom stereocenters. The van der Waals surface area contributed by atoms with Gasteiger partial charge in [0.2, 0.25) is 0 Å². The van der Waals surface area contributed by atoms with Crippen LogP contribution in [0.3, 0.4) is 0 Å². The maximum absolute atomic E-state index is 12.7. The molecule has 27 heavy (non-hydrogen) atoms. The van der Waals surface area contributed by atoms with Gasteiger partial charge in [-0.05, 0) is 36.1 Å². The number of methoxy groups -OCH3 is 1. The number of fused-ring (bicyclic) bond motifs is 1. The van der Waals surface area contributed by atoms with Crippen LogP contribution in [0.2, 0.25) is 5.02 Å². The second-order valence-corrected chi connectivity index (χ2v) is 9.08. The Bertz CT molecular complexity index is 931. The molecule has 1 unspecified atom stereocenters. The molecular weight excluding hydrogens is 412 g/mol. The minimum Gasteiger partial charge on any atom is -0.464 e. The number of carbonyl (C=O) groups is 1. The van der Waals surface area contributed by atoms with Gasteiger partial charge in [0.05, 0.1) is 18.0 Å². The van der Waals surface area contributed by atoms with E-state index in [0.29, 0.717) is 28.4 Å². The zero-order valence-corrected chi connectivity index (χ0v) is 17.2. The lowest BCUT2D eigenvalue weighted by Crippen LogP contribution is -2.41. The number of nitrogens with one attached hydrogen (secondary N) is 1. The molecule has 0 amide bonds. The van der Waals surface area contributed by atoms with Crippen molar-refractivity contribution >= 4 is 50.3 Å². The first-order chi connectivity index (χ1) is 12.9. The van der Waals surface area contributed by atoms with Gasteiger partial charge in [0.15, 0.2) is 0 Å². The molecule has 1 aromatic heterocycles. The summed E-state index contributed by atoms with van der Waals surface area (Å²) >= 11 is 7.45. The number of thiophene rings is 1. The first-order valence-electron chi connectivity index (χ1n) is 8.19. The summed E-state index contributed by atoms with van der Waals surface area (Å²) in [6.45, 7) is 2.07. The van der Waals surface area contributed by atoms with Crippen LogP contribution in [0.25, 0.3) is 0 Å². The van der Waals surface area contributed by atoms with Crippen LogP contribution < -0.4 is 9.62 Å². The number of rotatable bonds is 7. The lowest BCUT2D eigenvalue weighted by molar-refractivity contribution is -0.144. The Kier molecular flexibility index (Phi) is 5.95. The lowest BCUT2D eigenvalue weighted by atomic mass is 10.1. The third-order valence-corrected chi connectivity index (χ3v) is 7.23. The van der Waals surface area contributed by atoms with E-state index < -0.39 is 22.0 Å². The summed E-state index contributed by atoms with van der Waals surface area (Å²) in [6, 6.07) is 5.76. The van der Waals surface area contributed by atoms with Crippen LogP contribution >= 0.6 is 22.9 Å². The molecule has 1 aliphatic heterocycles. The Labute approximate surface area is 166 Å². The van der Waals surface area contributed by atoms with E-state index in [2.05, 4.69) is 4.72 Å². The summed E-state index contributed by atoms with van der Waals surface area (Å²) in [7, 11) is -2.25. The number of esters is 1. The Balaban J connectivity index is 2.03. The van der Waals surface area contributed by atoms with E-state index in [4.69, 9.17) is 21.1 Å². The van der Waals surface area contributed by atoms with E-state index in [9.17, 15) is 13.2 Å². The summed E-state index contributed by atoms with van der Waals surface area (Å²) in [5.41, 5.74) is 1.55. The van der Waals surface area contributed by atoms with Gasteiger partial charge in [-0.2, -0.15) is 0 Å². The Morgan fingerprint density at radius 3 is 2.81 bits per heavy atom. The van der Waals surface area contributed by atoms with E-state index in [1.807, 2.05) is 0 Å². The molecule has 3 rings (SSSR count). The third-order valence-electron chi connectivity index (χ3n) is 4.12. The third kappa shape index (κ3) is 3.91. The van der Waals surface area contributed by atoms with Crippen molar-refractivity contribution in [2.24, 2.45) is 0 Å². The van der Waals surface area contributed by atoms with Crippen molar-refractivity contribution in [1.29, 1.82) is 0 Å². The number of anilines is 2. The fourth-order valence-electron chi connectivity index (χ4n) is 3.03. The van der Waals surface area contributed by atoms with Crippen molar-refractivity contribution in [3.63, 3.8) is 0 Å². The standard InChI is InChI=1S/C17H19ClN2O5S2/c1-3-25-17(21)14-9-11-12(18)6-7-13(16(11)20(14)10-24-2)19-27(22,23)15-5-4-8-26-15/h4-8,14,19H,3,9-10H2,1-2H3. The molecule has 10 heteroatoms. The number of carbonyl (C=O) groups excluding carboxylic acids is 1. The molecule has 1 aromatic carbocycles. The quantitative estimate of drug-likeness (QED) is 0.679. The summed E-state index contributed by atoms with van der Waals surface area (Å²) in [5.74, 6) is -0.408. The minimum atomic E-state index is -3.75. The summed E-state index contributed by atoms with van der Waals surface area (Å²) in [4.78, 5) is 14.1. The highest BCUT2D eigenvalue weighted by Gasteiger charge is 2.39. The van der Waals surface area contributed by atoms with Crippen LogP contribution in [-0.2, 0) is 30.7 Å². The number of sulfonamides is 1. The van der Waals surface area contributed by atoms with E-state index >= 15 is 0 Å². The van der Waals surface area contributed by atoms with Crippen LogP contribution in [0.15, 0.2) is 33.9 Å². The number of ether oxygens (including phenoxy) is 2. The fourth-order valence-corrected chi connectivity index (χ4v) is 5.32. The largest absolute Gasteiger partial charge is 0.464 e. The molecule has 0 fully saturated rings. The van der Waals surface area contributed by atoms with Crippen LogP contribution in [0, 0.1) is 0 Å². The molecule has 0 radical (unpaired) electrons. The van der Waals surface area contributed by atoms with Gasteiger partial charge in [0.1, 0.15) is 17.0 Å². The normalized spacial score (nSPS) is 16.3. The molecule has 2 heterocycles. The molecule has 146 valence electrons. The second-order valence-electron chi connectivity index (χ2n) is 5.82. The molecule has 0 saturated heterocycles. The van der Waals surface area contributed by atoms with Gasteiger partial charge >= 0.3 is 5.97 Å². The maximum atomic E-state index is 12.7. The molecule has 1 N–H and O–H groups in total. The second kappa shape index (κ2) is 8.05. The van der Waals surface area contributed by atoms with E-state index in [1.54, 1.807) is 35.4 Å². The first-order valence-corrected chi connectivity index (χ1v) is 10.9. The summed E-state index contributed by atoms with van der Waals surface area (Å²) in [6.07, 6.45) is 0.310. The molecule has 2 aromatic rings. The molecule has 0 bridgehead atoms. The highest BCUT2D eigenvalue weighted by molar-refractivity contribution is 7.94. The predicted molar refractivity (Wildman–Crippen MR) is 105 cm³/mol. The number of hydrogen-bond acceptors (Lipinski definition) is 7. The average molecular weight is 431 g/mol. The molecular formula is C17H19ClN2O5S2. The highest BCUT2D eigenvalue weighted by Crippen LogP contribution is 2.43. The number of benzene rings is 1. The maximum Gasteiger partial charge on any atom is 0.329 e. The van der Waals surface area contributed by atoms with Crippen molar-refractivity contribution in [1.82, 2.24) is 0 Å². The van der Waals surface area contributed by atoms with Crippen molar-refractivity contribution in [2.75, 3.05) is 30.1 Å². The molecule has 0 saturated carbocycles. The van der Waals surface area contributed by atoms with Crippen LogP contribution in [0.5, 0.6) is 0 Å². The van der Waals surface area contributed by atoms with Crippen LogP contribution in [0.1, 0.15) is 12.5 Å². The number of nitrogens with zero attached hydrogens (tertiary/aromatic N) is 1. The highest BCUT2D eigenvalue weighted by atomic mass is 35.5. The number of hydrogen-bond donors (Lipinski definition) is 1. The summed E-state index contributed by atoms with van der Waals surface area (Å²) in [5, 5.41) is 2.14. The van der Waals surface area contributed by atoms with E-state index in [0.717, 1.165) is 11.3 Å². The van der Waals surface area contributed by atoms with Crippen LogP contribution in [0.4, 0.5) is 11.4 Å². The zero-order chi connectivity index (χ0) is 19.6. The molecule has 0 aliphatic carbocycles. The predicted octanol–water partition coefficient (Wildman–Crippen LogP) is 3.10. The SMILES string of the molecule is CCOC(=O)C1Cc2c(Cl)ccc(NS(=O)(=O)c3cccs3)c2N1COC. The fraction of sp³-hybridized carbons (Fsp3) is 0.353. The topological polar surface area (TPSA) is 84.9 Å². The number of halogens is 1. The summed E-state index contributed by atoms with van der Waals surface area (Å²) < 4.78 is 38.5. The van der Waals surface area contributed by atoms with Gasteiger partial charge in [-0.3, -0.25) is 4.72 Å². The molecule has 1 aliphatic rings. The van der Waals surface area contributed by atoms with Crippen molar-refractivity contribution < 1.29 is 22.7 Å². The van der Waals surface area contributed by atoms with Gasteiger partial charge in [-0.15, -0.1) is 11.3 Å². The Morgan fingerprint density at radius 1 is 1.41 bits per heavy atom. The van der Waals surface area contributed by atoms with Gasteiger partial charge < -0.3 is 14.4 Å². The zero-order valence-electron chi connectivity index (χ0n) is 14.8. The van der Waals surface area contributed by atoms with Crippen molar-refractivity contribution in [3.05, 3.63) is 40.2 Å². The van der Waals surface area contributed by atoms with Gasteiger partial charge in [-0.1, -0.05) is 17.7 Å². The van der Waals surface area contributed by atoms with E-state index in [-0.39, 0.29) is 17.5 Å². The Morgan fingerprint density at radius 2 is 2.19 bits per heavy atom. The molecule has 7 nitrogen and oxygen atoms in total. The first kappa shape index (κ1) is 19.9. The van der Waals surface area contributed by atoms with Gasteiger partial charge in [0.25, 0.3) is 10.0 Å². The van der Waals surface area contributed by atoms with Crippen molar-refractivity contribution in [3.8, 4) is 0 Å². The minimum absolute atomic E-state index is 0.0878. The van der Waals surface area contributed by atoms with E-state index in [1.165, 1.54) is 13.2 Å². The smallest absolute Gasteiger partial charge is 0.329 e. The van der Waals surface area contributed by atoms with Gasteiger partial charge in [0, 0.05) is 18.6 Å². The van der Waals surface area contributed by atoms with Crippen LogP contribution in [-0.4, -0.2) is 40.9 Å². The average Bonchev–Trinajstić information content (AvgIpc) is 3.27.